The lowest BCUT2D eigenvalue weighted by Gasteiger charge is -2.41. The third kappa shape index (κ3) is 2.59. The Morgan fingerprint density at radius 1 is 1.37 bits per heavy atom. The zero-order chi connectivity index (χ0) is 14.2. The lowest BCUT2D eigenvalue weighted by molar-refractivity contribution is -0.153. The second kappa shape index (κ2) is 4.64. The number of piperazine rings is 1. The van der Waals surface area contributed by atoms with Crippen LogP contribution in [0.15, 0.2) is 18.3 Å². The molecule has 1 aliphatic rings. The van der Waals surface area contributed by atoms with E-state index in [1.54, 1.807) is 31.9 Å². The van der Waals surface area contributed by atoms with Gasteiger partial charge in [-0.25, -0.2) is 0 Å². The molecule has 0 aliphatic carbocycles. The minimum absolute atomic E-state index is 0.0693. The number of nitrogens with one attached hydrogen (secondary N) is 1. The van der Waals surface area contributed by atoms with Gasteiger partial charge in [0, 0.05) is 18.4 Å². The summed E-state index contributed by atoms with van der Waals surface area (Å²) in [6, 6.07) is 3.38. The molecular formula is C14H19N3O2. The van der Waals surface area contributed by atoms with Crippen molar-refractivity contribution >= 4 is 11.8 Å². The van der Waals surface area contributed by atoms with Crippen LogP contribution in [0.1, 0.15) is 32.0 Å². The Kier molecular flexibility index (Phi) is 3.30. The number of amides is 2. The van der Waals surface area contributed by atoms with Crippen LogP contribution in [0.4, 0.5) is 0 Å². The van der Waals surface area contributed by atoms with Crippen LogP contribution in [0.2, 0.25) is 0 Å². The van der Waals surface area contributed by atoms with Gasteiger partial charge in [0.25, 0.3) is 0 Å². The molecule has 1 saturated heterocycles. The summed E-state index contributed by atoms with van der Waals surface area (Å²) in [7, 11) is 0. The van der Waals surface area contributed by atoms with Crippen LogP contribution in [-0.4, -0.2) is 33.3 Å². The van der Waals surface area contributed by atoms with Gasteiger partial charge in [0.15, 0.2) is 0 Å². The summed E-state index contributed by atoms with van der Waals surface area (Å²) in [6.07, 6.45) is 1.74. The number of aryl methyl sites for hydroxylation is 1. The molecule has 2 heterocycles. The molecule has 2 rings (SSSR count). The number of carbonyl (C=O) groups excluding carboxylic acids is 2. The van der Waals surface area contributed by atoms with Crippen LogP contribution in [0, 0.1) is 6.92 Å². The zero-order valence-corrected chi connectivity index (χ0v) is 11.7. The van der Waals surface area contributed by atoms with Crippen LogP contribution in [0.5, 0.6) is 0 Å². The molecule has 0 bridgehead atoms. The van der Waals surface area contributed by atoms with E-state index >= 15 is 0 Å². The van der Waals surface area contributed by atoms with Crippen molar-refractivity contribution in [1.29, 1.82) is 0 Å². The van der Waals surface area contributed by atoms with E-state index in [1.165, 1.54) is 0 Å². The van der Waals surface area contributed by atoms with E-state index in [2.05, 4.69) is 10.3 Å². The first-order chi connectivity index (χ1) is 8.81. The minimum atomic E-state index is -0.846. The first kappa shape index (κ1) is 13.5. The van der Waals surface area contributed by atoms with Gasteiger partial charge in [0.2, 0.25) is 11.8 Å². The standard InChI is InChI=1S/C14H19N3O2/c1-9-5-6-11(7-15-9)8-17-10(2)12(18)16-14(3,4)13(17)19/h5-7,10H,8H2,1-4H3,(H,16,18). The second-order valence-electron chi connectivity index (χ2n) is 5.53. The minimum Gasteiger partial charge on any atom is -0.340 e. The molecule has 0 spiro atoms. The number of nitrogens with zero attached hydrogens (tertiary/aromatic N) is 2. The molecule has 0 saturated carbocycles. The maximum absolute atomic E-state index is 12.4. The topological polar surface area (TPSA) is 62.3 Å². The van der Waals surface area contributed by atoms with E-state index in [1.807, 2.05) is 19.1 Å². The Balaban J connectivity index is 2.23. The van der Waals surface area contributed by atoms with Crippen molar-refractivity contribution < 1.29 is 9.59 Å². The summed E-state index contributed by atoms with van der Waals surface area (Å²) in [6.45, 7) is 7.50. The summed E-state index contributed by atoms with van der Waals surface area (Å²) < 4.78 is 0. The van der Waals surface area contributed by atoms with Gasteiger partial charge >= 0.3 is 0 Å². The third-order valence-electron chi connectivity index (χ3n) is 3.40. The van der Waals surface area contributed by atoms with Crippen LogP contribution >= 0.6 is 0 Å². The second-order valence-corrected chi connectivity index (χ2v) is 5.53. The van der Waals surface area contributed by atoms with Gasteiger partial charge in [0.05, 0.1) is 0 Å². The van der Waals surface area contributed by atoms with E-state index in [-0.39, 0.29) is 11.8 Å². The predicted octanol–water partition coefficient (Wildman–Crippen LogP) is 1.02. The Hall–Kier alpha value is -1.91. The molecule has 1 N–H and O–H groups in total. The molecule has 0 radical (unpaired) electrons. The highest BCUT2D eigenvalue weighted by Gasteiger charge is 2.43. The van der Waals surface area contributed by atoms with Gasteiger partial charge in [0.1, 0.15) is 11.6 Å². The number of hydrogen-bond donors (Lipinski definition) is 1. The number of hydrogen-bond acceptors (Lipinski definition) is 3. The first-order valence-corrected chi connectivity index (χ1v) is 6.36. The van der Waals surface area contributed by atoms with Crippen molar-refractivity contribution in [2.75, 3.05) is 0 Å². The zero-order valence-electron chi connectivity index (χ0n) is 11.7. The monoisotopic (exact) mass is 261 g/mol. The lowest BCUT2D eigenvalue weighted by Crippen LogP contribution is -2.66. The maximum Gasteiger partial charge on any atom is 0.248 e. The summed E-state index contributed by atoms with van der Waals surface area (Å²) in [5, 5.41) is 2.73. The van der Waals surface area contributed by atoms with Crippen molar-refractivity contribution in [2.45, 2.75) is 45.8 Å². The number of aromatic nitrogens is 1. The predicted molar refractivity (Wildman–Crippen MR) is 71.2 cm³/mol. The normalized spacial score (nSPS) is 22.3. The molecule has 1 fully saturated rings. The van der Waals surface area contributed by atoms with Crippen LogP contribution in [0.25, 0.3) is 0 Å². The third-order valence-corrected chi connectivity index (χ3v) is 3.40. The largest absolute Gasteiger partial charge is 0.340 e. The Morgan fingerprint density at radius 3 is 2.63 bits per heavy atom. The molecular weight excluding hydrogens is 242 g/mol. The molecule has 1 aromatic rings. The highest BCUT2D eigenvalue weighted by Crippen LogP contribution is 2.20. The van der Waals surface area contributed by atoms with Crippen LogP contribution in [-0.2, 0) is 16.1 Å². The average molecular weight is 261 g/mol. The molecule has 1 unspecified atom stereocenters. The molecule has 1 atom stereocenters. The van der Waals surface area contributed by atoms with Gasteiger partial charge in [-0.3, -0.25) is 14.6 Å². The van der Waals surface area contributed by atoms with Gasteiger partial charge < -0.3 is 10.2 Å². The van der Waals surface area contributed by atoms with E-state index in [9.17, 15) is 9.59 Å². The summed E-state index contributed by atoms with van der Waals surface area (Å²) in [5.41, 5.74) is 1.01. The van der Waals surface area contributed by atoms with Crippen molar-refractivity contribution in [2.24, 2.45) is 0 Å². The number of carbonyl (C=O) groups is 2. The van der Waals surface area contributed by atoms with Crippen molar-refractivity contribution in [3.8, 4) is 0 Å². The molecule has 0 aromatic carbocycles. The van der Waals surface area contributed by atoms with Crippen LogP contribution < -0.4 is 5.32 Å². The van der Waals surface area contributed by atoms with E-state index < -0.39 is 11.6 Å². The van der Waals surface area contributed by atoms with Crippen molar-refractivity contribution in [3.05, 3.63) is 29.6 Å². The smallest absolute Gasteiger partial charge is 0.248 e. The molecule has 5 heteroatoms. The summed E-state index contributed by atoms with van der Waals surface area (Å²) in [4.78, 5) is 30.1. The van der Waals surface area contributed by atoms with Gasteiger partial charge in [-0.2, -0.15) is 0 Å². The van der Waals surface area contributed by atoms with E-state index in [0.717, 1.165) is 11.3 Å². The van der Waals surface area contributed by atoms with Crippen LogP contribution in [0.3, 0.4) is 0 Å². The maximum atomic E-state index is 12.4. The lowest BCUT2D eigenvalue weighted by atomic mass is 9.97. The first-order valence-electron chi connectivity index (χ1n) is 6.36. The molecule has 1 aliphatic heterocycles. The van der Waals surface area contributed by atoms with Crippen molar-refractivity contribution in [1.82, 2.24) is 15.2 Å². The molecule has 1 aromatic heterocycles. The fourth-order valence-electron chi connectivity index (χ4n) is 2.14. The molecule has 102 valence electrons. The number of rotatable bonds is 2. The number of pyridine rings is 1. The Morgan fingerprint density at radius 2 is 2.05 bits per heavy atom. The van der Waals surface area contributed by atoms with E-state index in [4.69, 9.17) is 0 Å². The Bertz CT molecular complexity index is 508. The van der Waals surface area contributed by atoms with Crippen molar-refractivity contribution in [3.63, 3.8) is 0 Å². The highest BCUT2D eigenvalue weighted by molar-refractivity contribution is 5.99. The molecule has 5 nitrogen and oxygen atoms in total. The fraction of sp³-hybridized carbons (Fsp3) is 0.500. The van der Waals surface area contributed by atoms with E-state index in [0.29, 0.717) is 6.54 Å². The Labute approximate surface area is 113 Å². The quantitative estimate of drug-likeness (QED) is 0.864. The fourth-order valence-corrected chi connectivity index (χ4v) is 2.14. The van der Waals surface area contributed by atoms with Gasteiger partial charge in [-0.15, -0.1) is 0 Å². The molecule has 19 heavy (non-hydrogen) atoms. The van der Waals surface area contributed by atoms with Gasteiger partial charge in [-0.05, 0) is 39.3 Å². The SMILES string of the molecule is Cc1ccc(CN2C(=O)C(C)(C)NC(=O)C2C)cn1. The summed E-state index contributed by atoms with van der Waals surface area (Å²) in [5.74, 6) is -0.190. The highest BCUT2D eigenvalue weighted by atomic mass is 16.2. The molecule has 2 amide bonds. The summed E-state index contributed by atoms with van der Waals surface area (Å²) >= 11 is 0. The average Bonchev–Trinajstić information content (AvgIpc) is 2.34. The van der Waals surface area contributed by atoms with Gasteiger partial charge in [-0.1, -0.05) is 6.07 Å².